The van der Waals surface area contributed by atoms with Crippen molar-refractivity contribution in [1.29, 1.82) is 0 Å². The van der Waals surface area contributed by atoms with E-state index in [-0.39, 0.29) is 23.4 Å². The van der Waals surface area contributed by atoms with E-state index in [4.69, 9.17) is 0 Å². The third-order valence-electron chi connectivity index (χ3n) is 5.78. The number of sulfonamides is 1. The quantitative estimate of drug-likeness (QED) is 0.546. The number of nitrogens with zero attached hydrogens (tertiary/aromatic N) is 1. The van der Waals surface area contributed by atoms with Crippen LogP contribution in [0.2, 0.25) is 0 Å². The minimum atomic E-state index is -3.71. The average Bonchev–Trinajstić information content (AvgIpc) is 3.27. The van der Waals surface area contributed by atoms with Crippen molar-refractivity contribution >= 4 is 33.0 Å². The first-order valence-corrected chi connectivity index (χ1v) is 13.0. The number of hydrogen-bond donors (Lipinski definition) is 2. The van der Waals surface area contributed by atoms with Crippen molar-refractivity contribution < 1.29 is 13.2 Å². The fraction of sp³-hybridized carbons (Fsp3) is 0.292. The van der Waals surface area contributed by atoms with Gasteiger partial charge in [0.25, 0.3) is 0 Å². The number of anilines is 1. The van der Waals surface area contributed by atoms with Gasteiger partial charge in [-0.2, -0.15) is 11.3 Å². The fourth-order valence-corrected chi connectivity index (χ4v) is 6.17. The number of rotatable bonds is 7. The van der Waals surface area contributed by atoms with Crippen LogP contribution in [0.5, 0.6) is 0 Å². The topological polar surface area (TPSA) is 78.5 Å². The number of hydrogen-bond acceptors (Lipinski definition) is 5. The number of nitrogens with one attached hydrogen (secondary N) is 2. The second-order valence-corrected chi connectivity index (χ2v) is 10.6. The number of amides is 1. The fourth-order valence-electron chi connectivity index (χ4n) is 4.20. The largest absolute Gasteiger partial charge is 0.326 e. The molecule has 0 saturated carbocycles. The molecular weight excluding hydrogens is 442 g/mol. The molecule has 0 radical (unpaired) electrons. The molecule has 0 saturated heterocycles. The summed E-state index contributed by atoms with van der Waals surface area (Å²) in [4.78, 5) is 13.8. The maximum absolute atomic E-state index is 13.1. The molecule has 3 aromatic rings. The van der Waals surface area contributed by atoms with Gasteiger partial charge in [-0.1, -0.05) is 24.3 Å². The average molecular weight is 470 g/mol. The van der Waals surface area contributed by atoms with E-state index in [2.05, 4.69) is 50.7 Å². The maximum Gasteiger partial charge on any atom is 0.240 e. The van der Waals surface area contributed by atoms with Gasteiger partial charge in [0.05, 0.1) is 4.90 Å². The molecule has 1 aliphatic rings. The van der Waals surface area contributed by atoms with Crippen molar-refractivity contribution in [3.8, 4) is 0 Å². The molecule has 1 amide bonds. The Hall–Kier alpha value is -2.52. The van der Waals surface area contributed by atoms with Crippen molar-refractivity contribution in [2.45, 2.75) is 37.8 Å². The highest BCUT2D eigenvalue weighted by molar-refractivity contribution is 7.89. The highest BCUT2D eigenvalue weighted by Gasteiger charge is 2.27. The summed E-state index contributed by atoms with van der Waals surface area (Å²) >= 11 is 1.62. The van der Waals surface area contributed by atoms with Crippen molar-refractivity contribution in [2.75, 3.05) is 18.4 Å². The van der Waals surface area contributed by atoms with Crippen molar-refractivity contribution in [3.63, 3.8) is 0 Å². The lowest BCUT2D eigenvalue weighted by atomic mass is 9.97. The first-order chi connectivity index (χ1) is 15.3. The molecule has 0 aliphatic carbocycles. The van der Waals surface area contributed by atoms with Crippen LogP contribution in [0.1, 0.15) is 35.2 Å². The molecule has 1 aromatic heterocycles. The molecule has 0 bridgehead atoms. The van der Waals surface area contributed by atoms with E-state index in [1.807, 2.05) is 5.38 Å². The van der Waals surface area contributed by atoms with Gasteiger partial charge in [-0.25, -0.2) is 13.1 Å². The summed E-state index contributed by atoms with van der Waals surface area (Å²) < 4.78 is 29.1. The van der Waals surface area contributed by atoms with E-state index in [0.29, 0.717) is 11.3 Å². The summed E-state index contributed by atoms with van der Waals surface area (Å²) in [5.41, 5.74) is 4.95. The predicted molar refractivity (Wildman–Crippen MR) is 128 cm³/mol. The number of thiophene rings is 1. The summed E-state index contributed by atoms with van der Waals surface area (Å²) in [6.45, 7) is 5.11. The molecule has 1 unspecified atom stereocenters. The van der Waals surface area contributed by atoms with Crippen LogP contribution in [0.25, 0.3) is 0 Å². The van der Waals surface area contributed by atoms with Crippen molar-refractivity contribution in [3.05, 3.63) is 81.5 Å². The van der Waals surface area contributed by atoms with Crippen LogP contribution in [0.3, 0.4) is 0 Å². The van der Waals surface area contributed by atoms with E-state index in [1.54, 1.807) is 36.5 Å². The Morgan fingerprint density at radius 3 is 2.62 bits per heavy atom. The number of carbonyl (C=O) groups excluding carboxylic acids is 1. The van der Waals surface area contributed by atoms with Crippen LogP contribution in [-0.4, -0.2) is 32.3 Å². The Kier molecular flexibility index (Phi) is 6.76. The minimum absolute atomic E-state index is 0.0525. The third-order valence-corrected chi connectivity index (χ3v) is 8.07. The Balaban J connectivity index is 1.53. The Bertz CT molecular complexity index is 1210. The van der Waals surface area contributed by atoms with Gasteiger partial charge in [0, 0.05) is 38.3 Å². The second-order valence-electron chi connectivity index (χ2n) is 8.08. The molecule has 2 N–H and O–H groups in total. The molecule has 2 heterocycles. The zero-order chi connectivity index (χ0) is 22.7. The number of carbonyl (C=O) groups is 1. The van der Waals surface area contributed by atoms with E-state index in [0.717, 1.165) is 25.1 Å². The summed E-state index contributed by atoms with van der Waals surface area (Å²) in [5, 5.41) is 6.80. The first-order valence-electron chi connectivity index (χ1n) is 10.5. The molecule has 6 nitrogen and oxygen atoms in total. The lowest BCUT2D eigenvalue weighted by Gasteiger charge is -2.35. The maximum atomic E-state index is 13.1. The lowest BCUT2D eigenvalue weighted by molar-refractivity contribution is -0.114. The Morgan fingerprint density at radius 2 is 1.94 bits per heavy atom. The zero-order valence-electron chi connectivity index (χ0n) is 18.2. The summed E-state index contributed by atoms with van der Waals surface area (Å²) in [6, 6.07) is 15.3. The lowest BCUT2D eigenvalue weighted by Crippen LogP contribution is -2.40. The third kappa shape index (κ3) is 5.10. The normalized spacial score (nSPS) is 15.2. The molecule has 2 aromatic carbocycles. The highest BCUT2D eigenvalue weighted by Crippen LogP contribution is 2.29. The summed E-state index contributed by atoms with van der Waals surface area (Å²) in [6.07, 6.45) is 0.952. The van der Waals surface area contributed by atoms with Crippen molar-refractivity contribution in [1.82, 2.24) is 9.62 Å². The first kappa shape index (κ1) is 22.7. The molecule has 168 valence electrons. The number of aryl methyl sites for hydroxylation is 1. The summed E-state index contributed by atoms with van der Waals surface area (Å²) in [7, 11) is -3.71. The van der Waals surface area contributed by atoms with Gasteiger partial charge in [-0.05, 0) is 70.6 Å². The standard InChI is InChI=1S/C24H27N3O3S2/c1-17-13-22(26-18(2)28)7-8-24(17)32(29,30)25-14-23(21-10-12-31-16-21)27-11-9-19-5-3-4-6-20(19)15-27/h3-8,10,12-13,16,23,25H,9,11,14-15H2,1-2H3,(H,26,28). The van der Waals surface area contributed by atoms with Crippen LogP contribution < -0.4 is 10.0 Å². The smallest absolute Gasteiger partial charge is 0.240 e. The van der Waals surface area contributed by atoms with Crippen LogP contribution in [0, 0.1) is 6.92 Å². The van der Waals surface area contributed by atoms with E-state index in [1.165, 1.54) is 18.1 Å². The molecule has 0 spiro atoms. The number of benzene rings is 2. The van der Waals surface area contributed by atoms with Gasteiger partial charge < -0.3 is 5.32 Å². The van der Waals surface area contributed by atoms with Gasteiger partial charge in [-0.15, -0.1) is 0 Å². The van der Waals surface area contributed by atoms with Gasteiger partial charge in [-0.3, -0.25) is 9.69 Å². The Morgan fingerprint density at radius 1 is 1.16 bits per heavy atom. The van der Waals surface area contributed by atoms with E-state index >= 15 is 0 Å². The number of fused-ring (bicyclic) bond motifs is 1. The molecule has 4 rings (SSSR count). The van der Waals surface area contributed by atoms with Crippen LogP contribution >= 0.6 is 11.3 Å². The molecule has 1 aliphatic heterocycles. The van der Waals surface area contributed by atoms with E-state index in [9.17, 15) is 13.2 Å². The van der Waals surface area contributed by atoms with Gasteiger partial charge in [0.2, 0.25) is 15.9 Å². The monoisotopic (exact) mass is 469 g/mol. The van der Waals surface area contributed by atoms with Gasteiger partial charge in [0.1, 0.15) is 0 Å². The molecule has 1 atom stereocenters. The highest BCUT2D eigenvalue weighted by atomic mass is 32.2. The molecule has 0 fully saturated rings. The SMILES string of the molecule is CC(=O)Nc1ccc(S(=O)(=O)NCC(c2ccsc2)N2CCc3ccccc3C2)c(C)c1. The van der Waals surface area contributed by atoms with Crippen LogP contribution in [0.4, 0.5) is 5.69 Å². The summed E-state index contributed by atoms with van der Waals surface area (Å²) in [5.74, 6) is -0.195. The minimum Gasteiger partial charge on any atom is -0.326 e. The van der Waals surface area contributed by atoms with Crippen molar-refractivity contribution in [2.24, 2.45) is 0 Å². The van der Waals surface area contributed by atoms with Gasteiger partial charge >= 0.3 is 0 Å². The molecule has 8 heteroatoms. The van der Waals surface area contributed by atoms with Crippen LogP contribution in [-0.2, 0) is 27.8 Å². The second kappa shape index (κ2) is 9.54. The van der Waals surface area contributed by atoms with E-state index < -0.39 is 10.0 Å². The zero-order valence-corrected chi connectivity index (χ0v) is 19.8. The Labute approximate surface area is 193 Å². The predicted octanol–water partition coefficient (Wildman–Crippen LogP) is 4.09. The van der Waals surface area contributed by atoms with Gasteiger partial charge in [0.15, 0.2) is 0 Å². The molecule has 32 heavy (non-hydrogen) atoms. The molecular formula is C24H27N3O3S2. The van der Waals surface area contributed by atoms with Crippen LogP contribution in [0.15, 0.2) is 64.2 Å².